The second-order valence-electron chi connectivity index (χ2n) is 7.89. The Kier molecular flexibility index (Phi) is 5.25. The minimum atomic E-state index is -0.214. The first kappa shape index (κ1) is 21.3. The Labute approximate surface area is 195 Å². The zero-order valence-electron chi connectivity index (χ0n) is 18.9. The predicted molar refractivity (Wildman–Crippen MR) is 130 cm³/mol. The van der Waals surface area contributed by atoms with Crippen molar-refractivity contribution in [2.45, 2.75) is 6.92 Å². The van der Waals surface area contributed by atoms with Gasteiger partial charge in [-0.25, -0.2) is 0 Å². The van der Waals surface area contributed by atoms with Crippen LogP contribution in [-0.2, 0) is 7.05 Å². The lowest BCUT2D eigenvalue weighted by Gasteiger charge is -2.12. The summed E-state index contributed by atoms with van der Waals surface area (Å²) >= 11 is 0. The normalized spacial score (nSPS) is 11.0. The molecule has 0 aliphatic heterocycles. The third-order valence-electron chi connectivity index (χ3n) is 5.57. The minimum Gasteiger partial charge on any atom is -0.504 e. The number of benzene rings is 3. The van der Waals surface area contributed by atoms with Crippen molar-refractivity contribution >= 4 is 33.4 Å². The Morgan fingerprint density at radius 1 is 1.03 bits per heavy atom. The molecule has 1 amide bonds. The van der Waals surface area contributed by atoms with Gasteiger partial charge in [-0.3, -0.25) is 14.5 Å². The molecule has 0 saturated heterocycles. The molecule has 2 heterocycles. The lowest BCUT2D eigenvalue weighted by Crippen LogP contribution is -2.14. The SMILES string of the molecule is COc1cc2c(Oc3ccc4c(C(=O)Nc5cc(C)nn5C)cccc4c3)ccnc2cc1O. The van der Waals surface area contributed by atoms with E-state index in [-0.39, 0.29) is 11.7 Å². The number of carbonyl (C=O) groups excluding carboxylic acids is 1. The van der Waals surface area contributed by atoms with E-state index in [9.17, 15) is 9.90 Å². The number of hydrogen-bond acceptors (Lipinski definition) is 6. The van der Waals surface area contributed by atoms with E-state index in [1.165, 1.54) is 13.2 Å². The van der Waals surface area contributed by atoms with Crippen LogP contribution in [0.25, 0.3) is 21.7 Å². The number of methoxy groups -OCH3 is 1. The van der Waals surface area contributed by atoms with Gasteiger partial charge in [0.05, 0.1) is 18.3 Å². The summed E-state index contributed by atoms with van der Waals surface area (Å²) in [5.41, 5.74) is 1.97. The average molecular weight is 454 g/mol. The molecule has 0 atom stereocenters. The van der Waals surface area contributed by atoms with Crippen LogP contribution in [-0.4, -0.2) is 32.9 Å². The van der Waals surface area contributed by atoms with Gasteiger partial charge in [-0.2, -0.15) is 5.10 Å². The molecule has 0 aliphatic carbocycles. The first-order valence-electron chi connectivity index (χ1n) is 10.6. The van der Waals surface area contributed by atoms with Gasteiger partial charge in [0.1, 0.15) is 17.3 Å². The van der Waals surface area contributed by atoms with Crippen LogP contribution in [0.15, 0.2) is 66.9 Å². The van der Waals surface area contributed by atoms with Crippen molar-refractivity contribution in [2.24, 2.45) is 7.05 Å². The maximum atomic E-state index is 13.0. The van der Waals surface area contributed by atoms with Crippen LogP contribution < -0.4 is 14.8 Å². The number of carbonyl (C=O) groups is 1. The van der Waals surface area contributed by atoms with Gasteiger partial charge in [-0.05, 0) is 54.1 Å². The Hall–Kier alpha value is -4.59. The zero-order valence-corrected chi connectivity index (χ0v) is 18.9. The summed E-state index contributed by atoms with van der Waals surface area (Å²) in [5.74, 6) is 1.94. The first-order chi connectivity index (χ1) is 16.4. The van der Waals surface area contributed by atoms with E-state index in [0.717, 1.165) is 16.5 Å². The number of anilines is 1. The van der Waals surface area contributed by atoms with Crippen LogP contribution in [0.2, 0.25) is 0 Å². The van der Waals surface area contributed by atoms with Gasteiger partial charge in [0.15, 0.2) is 11.5 Å². The summed E-state index contributed by atoms with van der Waals surface area (Å²) in [6.07, 6.45) is 1.62. The number of hydrogen-bond donors (Lipinski definition) is 2. The molecule has 3 aromatic carbocycles. The molecule has 8 nitrogen and oxygen atoms in total. The van der Waals surface area contributed by atoms with Crippen molar-refractivity contribution in [1.29, 1.82) is 0 Å². The molecule has 34 heavy (non-hydrogen) atoms. The zero-order chi connectivity index (χ0) is 23.8. The Morgan fingerprint density at radius 3 is 2.65 bits per heavy atom. The largest absolute Gasteiger partial charge is 0.504 e. The number of aromatic nitrogens is 3. The first-order valence-corrected chi connectivity index (χ1v) is 10.6. The highest BCUT2D eigenvalue weighted by Crippen LogP contribution is 2.37. The monoisotopic (exact) mass is 454 g/mol. The topological polar surface area (TPSA) is 98.5 Å². The van der Waals surface area contributed by atoms with Crippen LogP contribution in [0.5, 0.6) is 23.0 Å². The van der Waals surface area contributed by atoms with E-state index < -0.39 is 0 Å². The van der Waals surface area contributed by atoms with Crippen molar-refractivity contribution < 1.29 is 19.4 Å². The van der Waals surface area contributed by atoms with Gasteiger partial charge < -0.3 is 19.9 Å². The van der Waals surface area contributed by atoms with Gasteiger partial charge in [-0.1, -0.05) is 12.1 Å². The third kappa shape index (κ3) is 3.86. The summed E-state index contributed by atoms with van der Waals surface area (Å²) in [5, 5.41) is 19.6. The number of aromatic hydroxyl groups is 1. The Balaban J connectivity index is 1.48. The van der Waals surface area contributed by atoms with Crippen LogP contribution in [0, 0.1) is 6.92 Å². The number of amides is 1. The summed E-state index contributed by atoms with van der Waals surface area (Å²) < 4.78 is 13.0. The highest BCUT2D eigenvalue weighted by molar-refractivity contribution is 6.12. The highest BCUT2D eigenvalue weighted by atomic mass is 16.5. The maximum absolute atomic E-state index is 13.0. The number of nitrogens with one attached hydrogen (secondary N) is 1. The van der Waals surface area contributed by atoms with Crippen molar-refractivity contribution in [2.75, 3.05) is 12.4 Å². The van der Waals surface area contributed by atoms with E-state index in [1.54, 1.807) is 36.1 Å². The standard InChI is InChI=1S/C26H22N4O4/c1-15-11-25(30(2)29-15)28-26(32)19-6-4-5-16-12-17(7-8-18(16)19)34-23-9-10-27-21-14-22(31)24(33-3)13-20(21)23/h4-14,31H,1-3H3,(H,28,32). The number of phenols is 1. The lowest BCUT2D eigenvalue weighted by atomic mass is 10.0. The molecular weight excluding hydrogens is 432 g/mol. The molecule has 0 saturated carbocycles. The predicted octanol–water partition coefficient (Wildman–Crippen LogP) is 5.19. The van der Waals surface area contributed by atoms with Crippen molar-refractivity contribution in [3.8, 4) is 23.0 Å². The van der Waals surface area contributed by atoms with Crippen molar-refractivity contribution in [1.82, 2.24) is 14.8 Å². The fraction of sp³-hybridized carbons (Fsp3) is 0.115. The number of nitrogens with zero attached hydrogens (tertiary/aromatic N) is 3. The van der Waals surface area contributed by atoms with Crippen molar-refractivity contribution in [3.05, 3.63) is 78.1 Å². The fourth-order valence-electron chi connectivity index (χ4n) is 3.95. The van der Waals surface area contributed by atoms with Gasteiger partial charge in [0.2, 0.25) is 0 Å². The summed E-state index contributed by atoms with van der Waals surface area (Å²) in [6, 6.07) is 17.9. The molecule has 0 unspecified atom stereocenters. The number of rotatable bonds is 5. The van der Waals surface area contributed by atoms with Gasteiger partial charge >= 0.3 is 0 Å². The number of phenolic OH excluding ortho intramolecular Hbond substituents is 1. The summed E-state index contributed by atoms with van der Waals surface area (Å²) in [6.45, 7) is 1.87. The van der Waals surface area contributed by atoms with E-state index in [1.807, 2.05) is 43.3 Å². The number of aryl methyl sites for hydroxylation is 2. The second kappa shape index (κ2) is 8.40. The molecule has 0 aliphatic rings. The minimum absolute atomic E-state index is 0.0115. The molecule has 8 heteroatoms. The van der Waals surface area contributed by atoms with Crippen molar-refractivity contribution in [3.63, 3.8) is 0 Å². The molecule has 2 aromatic heterocycles. The quantitative estimate of drug-likeness (QED) is 0.379. The highest BCUT2D eigenvalue weighted by Gasteiger charge is 2.14. The summed E-state index contributed by atoms with van der Waals surface area (Å²) in [4.78, 5) is 17.3. The summed E-state index contributed by atoms with van der Waals surface area (Å²) in [7, 11) is 3.28. The lowest BCUT2D eigenvalue weighted by molar-refractivity contribution is 0.102. The van der Waals surface area contributed by atoms with Crippen LogP contribution in [0.1, 0.15) is 16.1 Å². The fourth-order valence-corrected chi connectivity index (χ4v) is 3.95. The molecule has 5 aromatic rings. The maximum Gasteiger partial charge on any atom is 0.257 e. The number of fused-ring (bicyclic) bond motifs is 2. The van der Waals surface area contributed by atoms with E-state index in [0.29, 0.717) is 39.5 Å². The number of pyridine rings is 1. The molecule has 0 bridgehead atoms. The molecule has 2 N–H and O–H groups in total. The van der Waals surface area contributed by atoms with Crippen LogP contribution in [0.4, 0.5) is 5.82 Å². The third-order valence-corrected chi connectivity index (χ3v) is 5.57. The van der Waals surface area contributed by atoms with E-state index in [2.05, 4.69) is 15.4 Å². The van der Waals surface area contributed by atoms with E-state index >= 15 is 0 Å². The molecular formula is C26H22N4O4. The Morgan fingerprint density at radius 2 is 1.88 bits per heavy atom. The second-order valence-corrected chi connectivity index (χ2v) is 7.89. The molecule has 0 fully saturated rings. The van der Waals surface area contributed by atoms with Gasteiger partial charge in [-0.15, -0.1) is 0 Å². The molecule has 5 rings (SSSR count). The van der Waals surface area contributed by atoms with Crippen LogP contribution >= 0.6 is 0 Å². The average Bonchev–Trinajstić information content (AvgIpc) is 3.14. The van der Waals surface area contributed by atoms with Gasteiger partial charge in [0.25, 0.3) is 5.91 Å². The van der Waals surface area contributed by atoms with Crippen LogP contribution in [0.3, 0.4) is 0 Å². The smallest absolute Gasteiger partial charge is 0.257 e. The number of ether oxygens (including phenoxy) is 2. The Bertz CT molecular complexity index is 1560. The van der Waals surface area contributed by atoms with Gasteiger partial charge in [0, 0.05) is 36.3 Å². The molecule has 0 spiro atoms. The molecule has 0 radical (unpaired) electrons. The van der Waals surface area contributed by atoms with E-state index in [4.69, 9.17) is 9.47 Å². The molecule has 170 valence electrons.